The van der Waals surface area contributed by atoms with E-state index in [9.17, 15) is 4.79 Å². The normalized spacial score (nSPS) is 20.2. The monoisotopic (exact) mass is 299 g/mol. The van der Waals surface area contributed by atoms with E-state index in [0.717, 1.165) is 30.3 Å². The molecule has 1 aromatic rings. The number of carboxylic acids is 1. The van der Waals surface area contributed by atoms with Crippen LogP contribution in [0.1, 0.15) is 40.4 Å². The van der Waals surface area contributed by atoms with E-state index in [-0.39, 0.29) is 0 Å². The van der Waals surface area contributed by atoms with Crippen molar-refractivity contribution in [3.05, 3.63) is 21.4 Å². The predicted octanol–water partition coefficient (Wildman–Crippen LogP) is 3.47. The van der Waals surface area contributed by atoms with Gasteiger partial charge in [-0.15, -0.1) is 11.3 Å². The molecule has 1 aliphatic heterocycles. The number of hydrogen-bond donors (Lipinski definition) is 1. The van der Waals surface area contributed by atoms with Gasteiger partial charge in [0.25, 0.3) is 0 Å². The van der Waals surface area contributed by atoms with E-state index in [4.69, 9.17) is 5.11 Å². The van der Waals surface area contributed by atoms with Gasteiger partial charge in [-0.1, -0.05) is 13.8 Å². The summed E-state index contributed by atoms with van der Waals surface area (Å²) >= 11 is 3.42. The van der Waals surface area contributed by atoms with Gasteiger partial charge in [-0.05, 0) is 31.5 Å². The number of carbonyl (C=O) groups is 1. The summed E-state index contributed by atoms with van der Waals surface area (Å²) in [7, 11) is 0. The first kappa shape index (κ1) is 14.9. The number of thiophene rings is 1. The molecule has 2 rings (SSSR count). The zero-order chi connectivity index (χ0) is 14.0. The van der Waals surface area contributed by atoms with Crippen LogP contribution in [0.4, 0.5) is 0 Å². The Labute approximate surface area is 123 Å². The van der Waals surface area contributed by atoms with E-state index in [0.29, 0.717) is 9.62 Å². The number of carboxylic acid groups (broad SMARTS) is 1. The van der Waals surface area contributed by atoms with E-state index in [2.05, 4.69) is 18.7 Å². The van der Waals surface area contributed by atoms with Gasteiger partial charge in [0, 0.05) is 28.5 Å². The molecule has 0 unspecified atom stereocenters. The molecule has 0 atom stereocenters. The van der Waals surface area contributed by atoms with Crippen LogP contribution in [-0.2, 0) is 6.54 Å². The molecule has 1 fully saturated rings. The van der Waals surface area contributed by atoms with Crippen molar-refractivity contribution in [1.29, 1.82) is 0 Å². The molecule has 106 valence electrons. The van der Waals surface area contributed by atoms with E-state index in [1.165, 1.54) is 23.3 Å². The van der Waals surface area contributed by atoms with Crippen molar-refractivity contribution in [2.75, 3.05) is 18.8 Å². The van der Waals surface area contributed by atoms with E-state index in [1.807, 2.05) is 24.8 Å². The molecule has 0 spiro atoms. The summed E-state index contributed by atoms with van der Waals surface area (Å²) in [6.07, 6.45) is 1.19. The summed E-state index contributed by atoms with van der Waals surface area (Å²) in [5.41, 5.74) is 1.17. The molecule has 0 aromatic carbocycles. The van der Waals surface area contributed by atoms with Crippen molar-refractivity contribution in [2.45, 2.75) is 38.5 Å². The molecule has 2 heterocycles. The maximum absolute atomic E-state index is 11.0. The van der Waals surface area contributed by atoms with E-state index in [1.54, 1.807) is 0 Å². The second kappa shape index (κ2) is 5.85. The van der Waals surface area contributed by atoms with Crippen LogP contribution in [0.5, 0.6) is 0 Å². The fraction of sp³-hybridized carbons (Fsp3) is 0.643. The molecule has 1 aromatic heterocycles. The molecule has 0 bridgehead atoms. The molecular formula is C14H21NO2S2. The number of aromatic carboxylic acids is 1. The summed E-state index contributed by atoms with van der Waals surface area (Å²) < 4.78 is 0.366. The first-order valence-corrected chi connectivity index (χ1v) is 8.36. The second-order valence-electron chi connectivity index (χ2n) is 5.63. The minimum atomic E-state index is -0.813. The third kappa shape index (κ3) is 3.97. The van der Waals surface area contributed by atoms with Crippen molar-refractivity contribution in [2.24, 2.45) is 0 Å². The Morgan fingerprint density at radius 3 is 2.84 bits per heavy atom. The first-order chi connectivity index (χ1) is 8.87. The minimum Gasteiger partial charge on any atom is -0.477 e. The lowest BCUT2D eigenvalue weighted by molar-refractivity contribution is 0.0702. The number of thioether (sulfide) groups is 1. The van der Waals surface area contributed by atoms with Crippen LogP contribution in [0.2, 0.25) is 0 Å². The van der Waals surface area contributed by atoms with Crippen molar-refractivity contribution in [1.82, 2.24) is 4.90 Å². The Bertz CT molecular complexity index is 468. The number of hydrogen-bond acceptors (Lipinski definition) is 4. The number of rotatable bonds is 3. The van der Waals surface area contributed by atoms with Gasteiger partial charge in [-0.2, -0.15) is 11.8 Å². The SMILES string of the molecule is Cc1sc(C(=O)O)cc1CN1CCSC(C)(C)CC1. The highest BCUT2D eigenvalue weighted by atomic mass is 32.2. The second-order valence-corrected chi connectivity index (χ2v) is 8.69. The van der Waals surface area contributed by atoms with Crippen LogP contribution in [0, 0.1) is 6.92 Å². The Morgan fingerprint density at radius 2 is 2.21 bits per heavy atom. The highest BCUT2D eigenvalue weighted by molar-refractivity contribution is 8.00. The fourth-order valence-corrected chi connectivity index (χ4v) is 4.25. The molecule has 3 nitrogen and oxygen atoms in total. The Hall–Kier alpha value is -0.520. The van der Waals surface area contributed by atoms with Crippen LogP contribution in [0.25, 0.3) is 0 Å². The molecule has 1 N–H and O–H groups in total. The highest BCUT2D eigenvalue weighted by Gasteiger charge is 2.24. The van der Waals surface area contributed by atoms with Crippen molar-refractivity contribution in [3.8, 4) is 0 Å². The van der Waals surface area contributed by atoms with Crippen molar-refractivity contribution in [3.63, 3.8) is 0 Å². The lowest BCUT2D eigenvalue weighted by atomic mass is 10.1. The molecule has 0 amide bonds. The molecule has 0 aliphatic carbocycles. The fourth-order valence-electron chi connectivity index (χ4n) is 2.24. The quantitative estimate of drug-likeness (QED) is 0.928. The molecule has 1 aliphatic rings. The lowest BCUT2D eigenvalue weighted by Crippen LogP contribution is -2.26. The van der Waals surface area contributed by atoms with Gasteiger partial charge in [0.2, 0.25) is 0 Å². The van der Waals surface area contributed by atoms with Gasteiger partial charge in [0.05, 0.1) is 0 Å². The Balaban J connectivity index is 2.03. The molecule has 0 saturated carbocycles. The summed E-state index contributed by atoms with van der Waals surface area (Å²) in [4.78, 5) is 15.0. The van der Waals surface area contributed by atoms with Crippen molar-refractivity contribution >= 4 is 29.1 Å². The molecule has 19 heavy (non-hydrogen) atoms. The summed E-state index contributed by atoms with van der Waals surface area (Å²) in [5, 5.41) is 9.04. The summed E-state index contributed by atoms with van der Waals surface area (Å²) in [5.74, 6) is 0.342. The van der Waals surface area contributed by atoms with Gasteiger partial charge in [0.1, 0.15) is 4.88 Å². The van der Waals surface area contributed by atoms with Gasteiger partial charge in [-0.25, -0.2) is 4.79 Å². The van der Waals surface area contributed by atoms with Crippen molar-refractivity contribution < 1.29 is 9.90 Å². The molecular weight excluding hydrogens is 278 g/mol. The Kier molecular flexibility index (Phi) is 4.58. The van der Waals surface area contributed by atoms with Crippen LogP contribution in [0.3, 0.4) is 0 Å². The third-order valence-corrected chi connectivity index (χ3v) is 6.01. The topological polar surface area (TPSA) is 40.5 Å². The first-order valence-electron chi connectivity index (χ1n) is 6.56. The van der Waals surface area contributed by atoms with Crippen LogP contribution in [-0.4, -0.2) is 39.6 Å². The predicted molar refractivity (Wildman–Crippen MR) is 82.4 cm³/mol. The highest BCUT2D eigenvalue weighted by Crippen LogP contribution is 2.31. The standard InChI is InChI=1S/C14H21NO2S2/c1-10-11(8-12(19-10)13(16)17)9-15-5-4-14(2,3)18-7-6-15/h8H,4-7,9H2,1-3H3,(H,16,17). The van der Waals surface area contributed by atoms with Crippen LogP contribution < -0.4 is 0 Å². The molecule has 5 heteroatoms. The molecule has 1 saturated heterocycles. The number of nitrogens with zero attached hydrogens (tertiary/aromatic N) is 1. The van der Waals surface area contributed by atoms with Gasteiger partial charge >= 0.3 is 5.97 Å². The number of aryl methyl sites for hydroxylation is 1. The Morgan fingerprint density at radius 1 is 1.47 bits per heavy atom. The van der Waals surface area contributed by atoms with E-state index < -0.39 is 5.97 Å². The van der Waals surface area contributed by atoms with Crippen LogP contribution >= 0.6 is 23.1 Å². The zero-order valence-electron chi connectivity index (χ0n) is 11.7. The average molecular weight is 299 g/mol. The van der Waals surface area contributed by atoms with Gasteiger partial charge in [0.15, 0.2) is 0 Å². The smallest absolute Gasteiger partial charge is 0.345 e. The van der Waals surface area contributed by atoms with Crippen LogP contribution in [0.15, 0.2) is 6.07 Å². The largest absolute Gasteiger partial charge is 0.477 e. The maximum atomic E-state index is 11.0. The zero-order valence-corrected chi connectivity index (χ0v) is 13.4. The minimum absolute atomic E-state index is 0.366. The van der Waals surface area contributed by atoms with Gasteiger partial charge < -0.3 is 5.11 Å². The molecule has 0 radical (unpaired) electrons. The van der Waals surface area contributed by atoms with E-state index >= 15 is 0 Å². The maximum Gasteiger partial charge on any atom is 0.345 e. The third-order valence-electron chi connectivity index (χ3n) is 3.56. The van der Waals surface area contributed by atoms with Gasteiger partial charge in [-0.3, -0.25) is 4.90 Å². The summed E-state index contributed by atoms with van der Waals surface area (Å²) in [6, 6.07) is 1.84. The lowest BCUT2D eigenvalue weighted by Gasteiger charge is -2.22. The summed E-state index contributed by atoms with van der Waals surface area (Å²) in [6.45, 7) is 9.69. The average Bonchev–Trinajstić information content (AvgIpc) is 2.58.